The summed E-state index contributed by atoms with van der Waals surface area (Å²) in [6.07, 6.45) is 0.163. The van der Waals surface area contributed by atoms with Crippen LogP contribution in [0.4, 0.5) is 0 Å². The summed E-state index contributed by atoms with van der Waals surface area (Å²) in [5.41, 5.74) is 0.221. The number of fused-ring (bicyclic) bond motifs is 1. The van der Waals surface area contributed by atoms with Gasteiger partial charge in [-0.1, -0.05) is 21.6 Å². The van der Waals surface area contributed by atoms with Gasteiger partial charge >= 0.3 is 5.97 Å². The topological polar surface area (TPSA) is 90.0 Å². The number of carbonyl (C=O) groups excluding carboxylic acids is 2. The Balaban J connectivity index is 2.22. The number of esters is 1. The molecule has 2 heterocycles. The number of hydrogen-bond donors (Lipinski definition) is 0. The third-order valence-electron chi connectivity index (χ3n) is 3.14. The van der Waals surface area contributed by atoms with Gasteiger partial charge in [-0.05, 0) is 13.8 Å². The summed E-state index contributed by atoms with van der Waals surface area (Å²) >= 11 is 0. The van der Waals surface area contributed by atoms with E-state index in [4.69, 9.17) is 8.92 Å². The monoisotopic (exact) mass is 353 g/mol. The van der Waals surface area contributed by atoms with Crippen molar-refractivity contribution in [2.45, 2.75) is 25.3 Å². The molecular formula is C11H15NO6S3. The first kappa shape index (κ1) is 16.7. The van der Waals surface area contributed by atoms with Crippen molar-refractivity contribution in [1.82, 2.24) is 4.90 Å². The van der Waals surface area contributed by atoms with E-state index in [0.29, 0.717) is 4.91 Å². The van der Waals surface area contributed by atoms with Crippen LogP contribution in [-0.4, -0.2) is 50.0 Å². The molecule has 0 unspecified atom stereocenters. The van der Waals surface area contributed by atoms with Crippen molar-refractivity contribution in [3.63, 3.8) is 0 Å². The highest BCUT2D eigenvalue weighted by Crippen LogP contribution is 2.53. The molecule has 1 saturated heterocycles. The van der Waals surface area contributed by atoms with Crippen LogP contribution in [0.5, 0.6) is 0 Å². The van der Waals surface area contributed by atoms with Gasteiger partial charge in [-0.2, -0.15) is 8.42 Å². The number of nitrogens with zero attached hydrogens (tertiary/aromatic N) is 1. The zero-order valence-electron chi connectivity index (χ0n) is 11.9. The molecule has 0 N–H and O–H groups in total. The molecule has 2 rings (SSSR count). The maximum atomic E-state index is 12.3. The average Bonchev–Trinajstić information content (AvgIpc) is 2.36. The summed E-state index contributed by atoms with van der Waals surface area (Å²) in [7, 11) is 0.380. The van der Waals surface area contributed by atoms with Crippen LogP contribution < -0.4 is 0 Å². The second-order valence-electron chi connectivity index (χ2n) is 4.71. The normalized spacial score (nSPS) is 27.0. The van der Waals surface area contributed by atoms with Gasteiger partial charge in [0.15, 0.2) is 0 Å². The van der Waals surface area contributed by atoms with E-state index in [-0.39, 0.29) is 17.0 Å². The first-order valence-electron chi connectivity index (χ1n) is 6.01. The largest absolute Gasteiger partial charge is 0.464 e. The minimum atomic E-state index is -3.64. The SMILES string of the molecule is COC(=O)C1=C(C)SS[C@@H]2[C@@H]([C@@H](C)OS(C)(=O)=O)C(=O)N12. The summed E-state index contributed by atoms with van der Waals surface area (Å²) in [4.78, 5) is 26.1. The molecule has 1 fully saturated rings. The third-order valence-corrected chi connectivity index (χ3v) is 6.67. The van der Waals surface area contributed by atoms with Crippen molar-refractivity contribution in [2.75, 3.05) is 13.4 Å². The average molecular weight is 353 g/mol. The number of hydrogen-bond acceptors (Lipinski definition) is 8. The van der Waals surface area contributed by atoms with E-state index in [2.05, 4.69) is 0 Å². The minimum Gasteiger partial charge on any atom is -0.464 e. The van der Waals surface area contributed by atoms with Crippen molar-refractivity contribution in [3.8, 4) is 0 Å². The number of carbonyl (C=O) groups is 2. The second-order valence-corrected chi connectivity index (χ2v) is 8.84. The Kier molecular flexibility index (Phi) is 4.62. The number of allylic oxidation sites excluding steroid dienone is 1. The zero-order valence-corrected chi connectivity index (χ0v) is 14.3. The molecule has 0 aromatic heterocycles. The maximum Gasteiger partial charge on any atom is 0.355 e. The summed E-state index contributed by atoms with van der Waals surface area (Å²) in [5, 5.41) is -0.336. The Morgan fingerprint density at radius 1 is 1.43 bits per heavy atom. The Bertz CT molecular complexity index is 613. The van der Waals surface area contributed by atoms with Gasteiger partial charge in [0.05, 0.1) is 25.4 Å². The molecule has 10 heteroatoms. The predicted molar refractivity (Wildman–Crippen MR) is 79.4 cm³/mol. The van der Waals surface area contributed by atoms with Crippen LogP contribution in [0, 0.1) is 5.92 Å². The van der Waals surface area contributed by atoms with Gasteiger partial charge in [0.25, 0.3) is 10.1 Å². The van der Waals surface area contributed by atoms with Crippen LogP contribution in [0.15, 0.2) is 10.6 Å². The van der Waals surface area contributed by atoms with Crippen LogP contribution in [0.3, 0.4) is 0 Å². The predicted octanol–water partition coefficient (Wildman–Crippen LogP) is 0.935. The van der Waals surface area contributed by atoms with Gasteiger partial charge in [-0.15, -0.1) is 0 Å². The molecule has 0 bridgehead atoms. The summed E-state index contributed by atoms with van der Waals surface area (Å²) in [5.74, 6) is -1.51. The van der Waals surface area contributed by atoms with E-state index >= 15 is 0 Å². The van der Waals surface area contributed by atoms with Gasteiger partial charge in [0, 0.05) is 4.91 Å². The summed E-state index contributed by atoms with van der Waals surface area (Å²) in [6, 6.07) is 0. The fraction of sp³-hybridized carbons (Fsp3) is 0.636. The molecule has 3 atom stereocenters. The first-order valence-corrected chi connectivity index (χ1v) is 10.0. The fourth-order valence-corrected chi connectivity index (χ4v) is 5.77. The van der Waals surface area contributed by atoms with Crippen LogP contribution in [0.2, 0.25) is 0 Å². The lowest BCUT2D eigenvalue weighted by Crippen LogP contribution is -2.64. The van der Waals surface area contributed by atoms with E-state index in [1.54, 1.807) is 6.92 Å². The molecule has 2 aliphatic heterocycles. The maximum absolute atomic E-state index is 12.3. The third kappa shape index (κ3) is 3.08. The van der Waals surface area contributed by atoms with E-state index < -0.39 is 28.1 Å². The van der Waals surface area contributed by atoms with Gasteiger partial charge < -0.3 is 4.74 Å². The van der Waals surface area contributed by atoms with Gasteiger partial charge in [0.1, 0.15) is 11.1 Å². The Hall–Kier alpha value is -0.710. The number of ether oxygens (including phenoxy) is 1. The standard InChI is InChI=1S/C11H15NO6S3/c1-5(18-21(4,15)16)7-9(13)12-8(11(14)17-3)6(2)19-20-10(7)12/h5,7,10H,1-4H3/t5-,7+,10-/m1/s1. The van der Waals surface area contributed by atoms with Crippen molar-refractivity contribution in [1.29, 1.82) is 0 Å². The summed E-state index contributed by atoms with van der Waals surface area (Å²) < 4.78 is 31.9. The number of methoxy groups -OCH3 is 1. The van der Waals surface area contributed by atoms with E-state index in [1.165, 1.54) is 40.5 Å². The molecular weight excluding hydrogens is 338 g/mol. The van der Waals surface area contributed by atoms with E-state index in [1.807, 2.05) is 0 Å². The highest BCUT2D eigenvalue weighted by Gasteiger charge is 2.56. The van der Waals surface area contributed by atoms with Crippen molar-refractivity contribution in [3.05, 3.63) is 10.6 Å². The second kappa shape index (κ2) is 5.82. The Morgan fingerprint density at radius 2 is 2.05 bits per heavy atom. The van der Waals surface area contributed by atoms with Crippen LogP contribution >= 0.6 is 21.6 Å². The first-order chi connectivity index (χ1) is 9.67. The van der Waals surface area contributed by atoms with Gasteiger partial charge in [-0.25, -0.2) is 4.79 Å². The lowest BCUT2D eigenvalue weighted by molar-refractivity contribution is -0.157. The lowest BCUT2D eigenvalue weighted by atomic mass is 9.92. The fourth-order valence-electron chi connectivity index (χ4n) is 2.26. The Labute approximate surface area is 130 Å². The number of rotatable bonds is 4. The van der Waals surface area contributed by atoms with Crippen LogP contribution in [0.1, 0.15) is 13.8 Å². The minimum absolute atomic E-state index is 0.221. The van der Waals surface area contributed by atoms with Crippen molar-refractivity contribution >= 4 is 43.6 Å². The molecule has 1 amide bonds. The molecule has 0 saturated carbocycles. The van der Waals surface area contributed by atoms with Crippen molar-refractivity contribution in [2.24, 2.45) is 5.92 Å². The quantitative estimate of drug-likeness (QED) is 0.319. The van der Waals surface area contributed by atoms with Crippen molar-refractivity contribution < 1.29 is 26.9 Å². The highest BCUT2D eigenvalue weighted by molar-refractivity contribution is 8.78. The van der Waals surface area contributed by atoms with Gasteiger partial charge in [-0.3, -0.25) is 13.9 Å². The van der Waals surface area contributed by atoms with Gasteiger partial charge in [0.2, 0.25) is 5.91 Å². The number of β-lactam (4-membered cyclic amide) rings is 1. The molecule has 2 aliphatic rings. The molecule has 0 aliphatic carbocycles. The molecule has 7 nitrogen and oxygen atoms in total. The highest BCUT2D eigenvalue weighted by atomic mass is 33.1. The molecule has 0 radical (unpaired) electrons. The summed E-state index contributed by atoms with van der Waals surface area (Å²) in [6.45, 7) is 3.27. The molecule has 0 spiro atoms. The molecule has 0 aromatic carbocycles. The zero-order chi connectivity index (χ0) is 15.9. The molecule has 118 valence electrons. The van der Waals surface area contributed by atoms with E-state index in [9.17, 15) is 18.0 Å². The molecule has 0 aromatic rings. The van der Waals surface area contributed by atoms with E-state index in [0.717, 1.165) is 6.26 Å². The smallest absolute Gasteiger partial charge is 0.355 e. The lowest BCUT2D eigenvalue weighted by Gasteiger charge is -2.50. The Morgan fingerprint density at radius 3 is 2.57 bits per heavy atom. The van der Waals surface area contributed by atoms with Crippen LogP contribution in [0.25, 0.3) is 0 Å². The molecule has 21 heavy (non-hydrogen) atoms. The van der Waals surface area contributed by atoms with Crippen LogP contribution in [-0.2, 0) is 28.6 Å². The number of amides is 1.